The summed E-state index contributed by atoms with van der Waals surface area (Å²) in [5.74, 6) is 0. The van der Waals surface area contributed by atoms with Crippen LogP contribution < -0.4 is 5.73 Å². The van der Waals surface area contributed by atoms with Gasteiger partial charge in [0.05, 0.1) is 5.69 Å². The lowest BCUT2D eigenvalue weighted by atomic mass is 10.1. The molecule has 0 saturated heterocycles. The highest BCUT2D eigenvalue weighted by molar-refractivity contribution is 6.31. The zero-order valence-corrected chi connectivity index (χ0v) is 11.6. The van der Waals surface area contributed by atoms with Gasteiger partial charge < -0.3 is 10.1 Å². The lowest BCUT2D eigenvalue weighted by Gasteiger charge is -2.00. The zero-order valence-electron chi connectivity index (χ0n) is 10.8. The van der Waals surface area contributed by atoms with Crippen LogP contribution in [0.3, 0.4) is 0 Å². The van der Waals surface area contributed by atoms with Crippen LogP contribution in [0.4, 0.5) is 5.69 Å². The van der Waals surface area contributed by atoms with E-state index < -0.39 is 0 Å². The van der Waals surface area contributed by atoms with Crippen LogP contribution in [0.2, 0.25) is 5.02 Å². The Bertz CT molecular complexity index is 774. The van der Waals surface area contributed by atoms with Crippen molar-refractivity contribution in [1.29, 1.82) is 0 Å². The predicted octanol–water partition coefficient (Wildman–Crippen LogP) is 3.85. The average molecular weight is 272 g/mol. The van der Waals surface area contributed by atoms with Crippen molar-refractivity contribution in [3.63, 3.8) is 0 Å². The van der Waals surface area contributed by atoms with E-state index in [-0.39, 0.29) is 0 Å². The van der Waals surface area contributed by atoms with Crippen LogP contribution in [-0.4, -0.2) is 9.38 Å². The number of rotatable bonds is 1. The van der Waals surface area contributed by atoms with Crippen LogP contribution in [0.1, 0.15) is 11.1 Å². The molecule has 2 N–H and O–H groups in total. The Hall–Kier alpha value is -2.00. The van der Waals surface area contributed by atoms with Gasteiger partial charge in [0.1, 0.15) is 5.65 Å². The van der Waals surface area contributed by atoms with E-state index in [1.54, 1.807) is 0 Å². The van der Waals surface area contributed by atoms with Crippen molar-refractivity contribution in [3.05, 3.63) is 52.8 Å². The molecule has 0 fully saturated rings. The summed E-state index contributed by atoms with van der Waals surface area (Å²) in [6.07, 6.45) is 3.86. The van der Waals surface area contributed by atoms with E-state index in [9.17, 15) is 0 Å². The highest BCUT2D eigenvalue weighted by Crippen LogP contribution is 2.25. The second-order valence-corrected chi connectivity index (χ2v) is 5.18. The van der Waals surface area contributed by atoms with Gasteiger partial charge in [-0.3, -0.25) is 0 Å². The highest BCUT2D eigenvalue weighted by Gasteiger charge is 2.08. The van der Waals surface area contributed by atoms with Gasteiger partial charge in [0.25, 0.3) is 0 Å². The first kappa shape index (κ1) is 12.1. The second kappa shape index (κ2) is 4.28. The van der Waals surface area contributed by atoms with E-state index >= 15 is 0 Å². The molecule has 1 aromatic carbocycles. The number of nitrogens with two attached hydrogens (primary N) is 1. The molecule has 3 aromatic rings. The molecule has 0 aliphatic heterocycles. The summed E-state index contributed by atoms with van der Waals surface area (Å²) in [6, 6.07) is 7.86. The number of anilines is 1. The van der Waals surface area contributed by atoms with Gasteiger partial charge in [0.15, 0.2) is 0 Å². The number of fused-ring (bicyclic) bond motifs is 1. The Balaban J connectivity index is 2.20. The van der Waals surface area contributed by atoms with E-state index in [0.29, 0.717) is 0 Å². The number of pyridine rings is 1. The summed E-state index contributed by atoms with van der Waals surface area (Å²) < 4.78 is 1.96. The number of aromatic nitrogens is 2. The number of aryl methyl sites for hydroxylation is 2. The number of hydrogen-bond donors (Lipinski definition) is 1. The normalized spacial score (nSPS) is 11.1. The number of imidazole rings is 1. The largest absolute Gasteiger partial charge is 0.398 e. The molecule has 2 aromatic heterocycles. The zero-order chi connectivity index (χ0) is 13.6. The van der Waals surface area contributed by atoms with Crippen molar-refractivity contribution in [2.24, 2.45) is 0 Å². The minimum atomic E-state index is 0.737. The standard InChI is InChI=1S/C15H14ClN3/c1-9-5-11(3-4-13(9)16)14-8-19-7-12(17)6-10(2)15(19)18-14/h3-8H,17H2,1-2H3. The smallest absolute Gasteiger partial charge is 0.140 e. The van der Waals surface area contributed by atoms with Crippen LogP contribution in [0.15, 0.2) is 36.7 Å². The summed E-state index contributed by atoms with van der Waals surface area (Å²) in [4.78, 5) is 4.66. The molecule has 0 amide bonds. The van der Waals surface area contributed by atoms with Crippen LogP contribution in [0, 0.1) is 13.8 Å². The predicted molar refractivity (Wildman–Crippen MR) is 79.5 cm³/mol. The third kappa shape index (κ3) is 2.06. The maximum Gasteiger partial charge on any atom is 0.140 e. The molecule has 4 heteroatoms. The van der Waals surface area contributed by atoms with Gasteiger partial charge in [-0.1, -0.05) is 17.7 Å². The van der Waals surface area contributed by atoms with Gasteiger partial charge in [-0.2, -0.15) is 0 Å². The Kier molecular flexibility index (Phi) is 2.72. The number of nitrogen functional groups attached to an aromatic ring is 1. The Morgan fingerprint density at radius 3 is 2.63 bits per heavy atom. The fourth-order valence-corrected chi connectivity index (χ4v) is 2.36. The molecule has 0 spiro atoms. The third-order valence-electron chi connectivity index (χ3n) is 3.21. The van der Waals surface area contributed by atoms with E-state index in [4.69, 9.17) is 17.3 Å². The van der Waals surface area contributed by atoms with Crippen molar-refractivity contribution in [2.45, 2.75) is 13.8 Å². The Morgan fingerprint density at radius 1 is 1.11 bits per heavy atom. The van der Waals surface area contributed by atoms with Gasteiger partial charge in [0.2, 0.25) is 0 Å². The number of benzene rings is 1. The van der Waals surface area contributed by atoms with Crippen molar-refractivity contribution in [3.8, 4) is 11.3 Å². The minimum absolute atomic E-state index is 0.737. The molecular weight excluding hydrogens is 258 g/mol. The average Bonchev–Trinajstić information content (AvgIpc) is 2.76. The van der Waals surface area contributed by atoms with Crippen molar-refractivity contribution in [1.82, 2.24) is 9.38 Å². The first-order valence-electron chi connectivity index (χ1n) is 6.06. The Labute approximate surface area is 116 Å². The molecule has 2 heterocycles. The Morgan fingerprint density at radius 2 is 1.89 bits per heavy atom. The van der Waals surface area contributed by atoms with E-state index in [1.807, 2.05) is 54.9 Å². The van der Waals surface area contributed by atoms with Crippen LogP contribution in [0.5, 0.6) is 0 Å². The second-order valence-electron chi connectivity index (χ2n) is 4.78. The topological polar surface area (TPSA) is 43.3 Å². The molecule has 0 saturated carbocycles. The molecule has 96 valence electrons. The van der Waals surface area contributed by atoms with E-state index in [1.165, 1.54) is 0 Å². The fourth-order valence-electron chi connectivity index (χ4n) is 2.24. The van der Waals surface area contributed by atoms with Crippen molar-refractivity contribution in [2.75, 3.05) is 5.73 Å². The molecule has 3 nitrogen and oxygen atoms in total. The van der Waals surface area contributed by atoms with Crippen LogP contribution in [0.25, 0.3) is 16.9 Å². The summed E-state index contributed by atoms with van der Waals surface area (Å²) in [5.41, 5.74) is 11.6. The number of hydrogen-bond acceptors (Lipinski definition) is 2. The SMILES string of the molecule is Cc1cc(-c2cn3cc(N)cc(C)c3n2)ccc1Cl. The molecule has 3 rings (SSSR count). The molecule has 0 aliphatic rings. The van der Waals surface area contributed by atoms with Crippen molar-refractivity contribution < 1.29 is 0 Å². The molecule has 0 radical (unpaired) electrons. The molecule has 0 bridgehead atoms. The maximum atomic E-state index is 6.05. The summed E-state index contributed by atoms with van der Waals surface area (Å²) in [7, 11) is 0. The van der Waals surface area contributed by atoms with Gasteiger partial charge in [-0.05, 0) is 43.2 Å². The van der Waals surface area contributed by atoms with Gasteiger partial charge >= 0.3 is 0 Å². The van der Waals surface area contributed by atoms with E-state index in [2.05, 4.69) is 4.98 Å². The van der Waals surface area contributed by atoms with Gasteiger partial charge in [-0.15, -0.1) is 0 Å². The monoisotopic (exact) mass is 271 g/mol. The maximum absolute atomic E-state index is 6.05. The molecule has 19 heavy (non-hydrogen) atoms. The highest BCUT2D eigenvalue weighted by atomic mass is 35.5. The minimum Gasteiger partial charge on any atom is -0.398 e. The number of nitrogens with zero attached hydrogens (tertiary/aromatic N) is 2. The first-order valence-corrected chi connectivity index (χ1v) is 6.44. The molecule has 0 unspecified atom stereocenters. The summed E-state index contributed by atoms with van der Waals surface area (Å²) >= 11 is 6.05. The summed E-state index contributed by atoms with van der Waals surface area (Å²) in [5, 5.41) is 0.771. The molecule has 0 atom stereocenters. The molecular formula is C15H14ClN3. The van der Waals surface area contributed by atoms with Crippen LogP contribution in [-0.2, 0) is 0 Å². The quantitative estimate of drug-likeness (QED) is 0.730. The van der Waals surface area contributed by atoms with Crippen LogP contribution >= 0.6 is 11.6 Å². The van der Waals surface area contributed by atoms with Crippen molar-refractivity contribution >= 4 is 22.9 Å². The fraction of sp³-hybridized carbons (Fsp3) is 0.133. The molecule has 0 aliphatic carbocycles. The summed E-state index contributed by atoms with van der Waals surface area (Å²) in [6.45, 7) is 4.00. The first-order chi connectivity index (χ1) is 9.04. The third-order valence-corrected chi connectivity index (χ3v) is 3.63. The lowest BCUT2D eigenvalue weighted by molar-refractivity contribution is 1.17. The van der Waals surface area contributed by atoms with E-state index in [0.717, 1.165) is 38.7 Å². The van der Waals surface area contributed by atoms with Gasteiger partial charge in [0, 0.05) is 28.7 Å². The number of halogens is 1. The lowest BCUT2D eigenvalue weighted by Crippen LogP contribution is -1.92. The van der Waals surface area contributed by atoms with Gasteiger partial charge in [-0.25, -0.2) is 4.98 Å².